The number of esters is 1. The van der Waals surface area contributed by atoms with Gasteiger partial charge in [-0.05, 0) is 86.3 Å². The Bertz CT molecular complexity index is 994. The van der Waals surface area contributed by atoms with Crippen LogP contribution in [0.15, 0.2) is 68.2 Å². The van der Waals surface area contributed by atoms with Gasteiger partial charge in [0.1, 0.15) is 18.1 Å². The average Bonchev–Trinajstić information content (AvgIpc) is 3.24. The van der Waals surface area contributed by atoms with E-state index in [1.165, 1.54) is 6.26 Å². The number of rotatable bonds is 8. The fourth-order valence-corrected chi connectivity index (χ4v) is 4.23. The van der Waals surface area contributed by atoms with Crippen LogP contribution >= 0.6 is 31.9 Å². The zero-order chi connectivity index (χ0) is 21.5. The summed E-state index contributed by atoms with van der Waals surface area (Å²) in [5.74, 6) is 0.362. The van der Waals surface area contributed by atoms with Crippen molar-refractivity contribution in [3.63, 3.8) is 0 Å². The zero-order valence-electron chi connectivity index (χ0n) is 16.1. The van der Waals surface area contributed by atoms with Crippen molar-refractivity contribution < 1.29 is 23.5 Å². The highest BCUT2D eigenvalue weighted by atomic mass is 79.9. The number of hydrogen-bond acceptors (Lipinski definition) is 5. The van der Waals surface area contributed by atoms with Gasteiger partial charge in [-0.1, -0.05) is 12.1 Å². The van der Waals surface area contributed by atoms with E-state index in [1.54, 1.807) is 36.4 Å². The molecule has 3 rings (SSSR count). The maximum absolute atomic E-state index is 12.1. The largest absolute Gasteiger partial charge is 0.487 e. The summed E-state index contributed by atoms with van der Waals surface area (Å²) in [6.07, 6.45) is 1.52. The van der Waals surface area contributed by atoms with Crippen molar-refractivity contribution in [2.75, 3.05) is 6.61 Å². The molecule has 2 aromatic carbocycles. The molecule has 1 aromatic heterocycles. The summed E-state index contributed by atoms with van der Waals surface area (Å²) in [7, 11) is 0. The Morgan fingerprint density at radius 2 is 1.77 bits per heavy atom. The van der Waals surface area contributed by atoms with Gasteiger partial charge in [-0.15, -0.1) is 0 Å². The molecule has 6 nitrogen and oxygen atoms in total. The number of halogens is 2. The Labute approximate surface area is 190 Å². The van der Waals surface area contributed by atoms with Gasteiger partial charge in [0.05, 0.1) is 27.3 Å². The van der Waals surface area contributed by atoms with Crippen LogP contribution in [0, 0.1) is 6.92 Å². The van der Waals surface area contributed by atoms with E-state index in [-0.39, 0.29) is 13.2 Å². The smallest absolute Gasteiger partial charge is 0.338 e. The van der Waals surface area contributed by atoms with Gasteiger partial charge < -0.3 is 19.2 Å². The van der Waals surface area contributed by atoms with Gasteiger partial charge in [-0.25, -0.2) is 4.79 Å². The molecule has 0 aliphatic carbocycles. The predicted octanol–water partition coefficient (Wildman–Crippen LogP) is 5.17. The van der Waals surface area contributed by atoms with E-state index in [0.717, 1.165) is 20.1 Å². The first-order valence-electron chi connectivity index (χ1n) is 9.06. The van der Waals surface area contributed by atoms with Crippen LogP contribution in [0.5, 0.6) is 5.75 Å². The molecule has 0 bridgehead atoms. The van der Waals surface area contributed by atoms with Crippen LogP contribution in [0.2, 0.25) is 0 Å². The second kappa shape index (κ2) is 10.4. The topological polar surface area (TPSA) is 77.8 Å². The van der Waals surface area contributed by atoms with E-state index < -0.39 is 11.9 Å². The average molecular weight is 537 g/mol. The Balaban J connectivity index is 1.47. The summed E-state index contributed by atoms with van der Waals surface area (Å²) >= 11 is 7.00. The number of furan rings is 1. The van der Waals surface area contributed by atoms with Crippen LogP contribution in [0.4, 0.5) is 0 Å². The lowest BCUT2D eigenvalue weighted by Gasteiger charge is -2.11. The lowest BCUT2D eigenvalue weighted by molar-refractivity contribution is -0.124. The lowest BCUT2D eigenvalue weighted by Crippen LogP contribution is -2.28. The molecule has 0 unspecified atom stereocenters. The third-order valence-corrected chi connectivity index (χ3v) is 5.27. The first-order chi connectivity index (χ1) is 14.4. The number of benzene rings is 2. The van der Waals surface area contributed by atoms with Crippen LogP contribution in [-0.2, 0) is 22.7 Å². The second-order valence-electron chi connectivity index (χ2n) is 6.48. The molecule has 0 aliphatic heterocycles. The van der Waals surface area contributed by atoms with Crippen LogP contribution in [-0.4, -0.2) is 18.5 Å². The third-order valence-electron chi connectivity index (χ3n) is 4.09. The predicted molar refractivity (Wildman–Crippen MR) is 118 cm³/mol. The van der Waals surface area contributed by atoms with E-state index in [9.17, 15) is 9.59 Å². The molecule has 0 fully saturated rings. The van der Waals surface area contributed by atoms with Gasteiger partial charge in [0.25, 0.3) is 5.91 Å². The van der Waals surface area contributed by atoms with Crippen molar-refractivity contribution in [3.05, 3.63) is 86.2 Å². The van der Waals surface area contributed by atoms with Crippen molar-refractivity contribution in [1.82, 2.24) is 5.32 Å². The van der Waals surface area contributed by atoms with Crippen molar-refractivity contribution in [1.29, 1.82) is 0 Å². The van der Waals surface area contributed by atoms with Gasteiger partial charge >= 0.3 is 5.97 Å². The quantitative estimate of drug-likeness (QED) is 0.402. The van der Waals surface area contributed by atoms with Gasteiger partial charge in [0.15, 0.2) is 6.61 Å². The van der Waals surface area contributed by atoms with Gasteiger partial charge in [0.2, 0.25) is 0 Å². The van der Waals surface area contributed by atoms with Crippen molar-refractivity contribution in [2.24, 2.45) is 0 Å². The highest BCUT2D eigenvalue weighted by Crippen LogP contribution is 2.35. The minimum atomic E-state index is -0.570. The first-order valence-corrected chi connectivity index (χ1v) is 10.6. The SMILES string of the molecule is Cc1cc(Br)c(OCc2ccc(C(=O)OCC(=O)NCc3ccco3)cc2)c(Br)c1. The monoisotopic (exact) mass is 535 g/mol. The summed E-state index contributed by atoms with van der Waals surface area (Å²) in [5.41, 5.74) is 2.36. The fourth-order valence-electron chi connectivity index (χ4n) is 2.58. The highest BCUT2D eigenvalue weighted by Gasteiger charge is 2.12. The minimum absolute atomic E-state index is 0.241. The normalized spacial score (nSPS) is 10.5. The van der Waals surface area contributed by atoms with Crippen molar-refractivity contribution in [3.8, 4) is 5.75 Å². The number of carbonyl (C=O) groups excluding carboxylic acids is 2. The number of aryl methyl sites for hydroxylation is 1. The van der Waals surface area contributed by atoms with Crippen molar-refractivity contribution in [2.45, 2.75) is 20.1 Å². The Kier molecular flexibility index (Phi) is 7.70. The summed E-state index contributed by atoms with van der Waals surface area (Å²) in [6.45, 7) is 2.22. The molecule has 0 spiro atoms. The molecule has 1 amide bonds. The molecule has 0 saturated carbocycles. The third kappa shape index (κ3) is 6.21. The highest BCUT2D eigenvalue weighted by molar-refractivity contribution is 9.11. The summed E-state index contributed by atoms with van der Waals surface area (Å²) < 4.78 is 17.8. The molecule has 0 atom stereocenters. The van der Waals surface area contributed by atoms with Crippen LogP contribution < -0.4 is 10.1 Å². The lowest BCUT2D eigenvalue weighted by atomic mass is 10.1. The molecule has 30 heavy (non-hydrogen) atoms. The van der Waals surface area contributed by atoms with Gasteiger partial charge in [-0.3, -0.25) is 4.79 Å². The molecular weight excluding hydrogens is 518 g/mol. The van der Waals surface area contributed by atoms with E-state index in [2.05, 4.69) is 37.2 Å². The maximum Gasteiger partial charge on any atom is 0.338 e. The summed E-state index contributed by atoms with van der Waals surface area (Å²) in [4.78, 5) is 23.9. The Morgan fingerprint density at radius 1 is 1.07 bits per heavy atom. The van der Waals surface area contributed by atoms with Crippen LogP contribution in [0.3, 0.4) is 0 Å². The molecule has 8 heteroatoms. The van der Waals surface area contributed by atoms with Gasteiger partial charge in [0, 0.05) is 0 Å². The second-order valence-corrected chi connectivity index (χ2v) is 8.18. The minimum Gasteiger partial charge on any atom is -0.487 e. The molecule has 156 valence electrons. The number of nitrogens with one attached hydrogen (secondary N) is 1. The Hall–Kier alpha value is -2.58. The summed E-state index contributed by atoms with van der Waals surface area (Å²) in [5, 5.41) is 2.61. The van der Waals surface area contributed by atoms with Crippen LogP contribution in [0.25, 0.3) is 0 Å². The number of ether oxygens (including phenoxy) is 2. The molecular formula is C22H19Br2NO5. The maximum atomic E-state index is 12.1. The molecule has 3 aromatic rings. The Morgan fingerprint density at radius 3 is 2.40 bits per heavy atom. The zero-order valence-corrected chi connectivity index (χ0v) is 19.3. The number of amides is 1. The van der Waals surface area contributed by atoms with E-state index in [1.807, 2.05) is 19.1 Å². The van der Waals surface area contributed by atoms with Crippen LogP contribution in [0.1, 0.15) is 27.2 Å². The van der Waals surface area contributed by atoms with Crippen molar-refractivity contribution >= 4 is 43.7 Å². The molecule has 0 saturated heterocycles. The molecule has 1 heterocycles. The number of hydrogen-bond donors (Lipinski definition) is 1. The molecule has 0 aliphatic rings. The van der Waals surface area contributed by atoms with E-state index in [4.69, 9.17) is 13.9 Å². The first kappa shape index (κ1) is 22.1. The van der Waals surface area contributed by atoms with Gasteiger partial charge in [-0.2, -0.15) is 0 Å². The fraction of sp³-hybridized carbons (Fsp3) is 0.182. The van der Waals surface area contributed by atoms with E-state index in [0.29, 0.717) is 23.7 Å². The molecule has 1 N–H and O–H groups in total. The molecule has 0 radical (unpaired) electrons. The standard InChI is InChI=1S/C22H19Br2NO5/c1-14-9-18(23)21(19(24)10-14)29-12-15-4-6-16(7-5-15)22(27)30-13-20(26)25-11-17-3-2-8-28-17/h2-10H,11-13H2,1H3,(H,25,26). The number of carbonyl (C=O) groups is 2. The summed E-state index contributed by atoms with van der Waals surface area (Å²) in [6, 6.07) is 14.3. The van der Waals surface area contributed by atoms with E-state index >= 15 is 0 Å².